The standard InChI is InChI=1S/C18H29N3O3S/c1-5-15-6-8-16(9-7-15)25(23,24)21-12-10-20(11-13-21)17(22)19-14-18(2,3)4/h6-9H,5,10-14H2,1-4H3,(H,19,22). The number of nitrogens with one attached hydrogen (secondary N) is 1. The molecule has 25 heavy (non-hydrogen) atoms. The molecular formula is C18H29N3O3S. The Bertz CT molecular complexity index is 685. The fraction of sp³-hybridized carbons (Fsp3) is 0.611. The summed E-state index contributed by atoms with van der Waals surface area (Å²) in [4.78, 5) is 14.2. The summed E-state index contributed by atoms with van der Waals surface area (Å²) in [5.74, 6) is 0. The quantitative estimate of drug-likeness (QED) is 0.888. The molecule has 0 aromatic heterocycles. The average molecular weight is 368 g/mol. The maximum absolute atomic E-state index is 12.7. The molecule has 2 amide bonds. The van der Waals surface area contributed by atoms with Crippen LogP contribution in [0.5, 0.6) is 0 Å². The van der Waals surface area contributed by atoms with Gasteiger partial charge < -0.3 is 10.2 Å². The van der Waals surface area contributed by atoms with Crippen LogP contribution in [0.2, 0.25) is 0 Å². The van der Waals surface area contributed by atoms with Gasteiger partial charge in [0.1, 0.15) is 0 Å². The summed E-state index contributed by atoms with van der Waals surface area (Å²) in [7, 11) is -3.50. The van der Waals surface area contributed by atoms with E-state index in [-0.39, 0.29) is 11.4 Å². The molecule has 6 nitrogen and oxygen atoms in total. The number of sulfonamides is 1. The van der Waals surface area contributed by atoms with Crippen LogP contribution in [0.1, 0.15) is 33.3 Å². The van der Waals surface area contributed by atoms with E-state index in [4.69, 9.17) is 0 Å². The van der Waals surface area contributed by atoms with Crippen LogP contribution in [0.15, 0.2) is 29.2 Å². The van der Waals surface area contributed by atoms with E-state index in [1.54, 1.807) is 17.0 Å². The molecule has 1 saturated heterocycles. The molecule has 0 aliphatic carbocycles. The molecule has 1 aliphatic rings. The van der Waals surface area contributed by atoms with E-state index < -0.39 is 10.0 Å². The Morgan fingerprint density at radius 3 is 2.12 bits per heavy atom. The number of urea groups is 1. The summed E-state index contributed by atoms with van der Waals surface area (Å²) in [6.07, 6.45) is 0.878. The molecule has 7 heteroatoms. The van der Waals surface area contributed by atoms with E-state index in [1.165, 1.54) is 4.31 Å². The largest absolute Gasteiger partial charge is 0.337 e. The SMILES string of the molecule is CCc1ccc(S(=O)(=O)N2CCN(C(=O)NCC(C)(C)C)CC2)cc1. The Hall–Kier alpha value is -1.60. The molecule has 1 fully saturated rings. The van der Waals surface area contributed by atoms with Crippen LogP contribution >= 0.6 is 0 Å². The molecule has 0 unspecified atom stereocenters. The zero-order chi connectivity index (χ0) is 18.7. The number of hydrogen-bond acceptors (Lipinski definition) is 3. The maximum Gasteiger partial charge on any atom is 0.317 e. The molecule has 1 aliphatic heterocycles. The van der Waals surface area contributed by atoms with Crippen LogP contribution in [0, 0.1) is 5.41 Å². The van der Waals surface area contributed by atoms with Crippen LogP contribution in [0.25, 0.3) is 0 Å². The number of carbonyl (C=O) groups is 1. The van der Waals surface area contributed by atoms with Gasteiger partial charge in [0.15, 0.2) is 0 Å². The first-order chi connectivity index (χ1) is 11.6. The highest BCUT2D eigenvalue weighted by atomic mass is 32.2. The number of amides is 2. The topological polar surface area (TPSA) is 69.7 Å². The van der Waals surface area contributed by atoms with Crippen LogP contribution in [0.3, 0.4) is 0 Å². The van der Waals surface area contributed by atoms with E-state index in [0.717, 1.165) is 12.0 Å². The minimum Gasteiger partial charge on any atom is -0.337 e. The van der Waals surface area contributed by atoms with E-state index in [1.807, 2.05) is 19.1 Å². The molecule has 0 radical (unpaired) electrons. The van der Waals surface area contributed by atoms with Crippen molar-refractivity contribution in [3.63, 3.8) is 0 Å². The van der Waals surface area contributed by atoms with Crippen LogP contribution < -0.4 is 5.32 Å². The fourth-order valence-electron chi connectivity index (χ4n) is 2.63. The third kappa shape index (κ3) is 5.19. The average Bonchev–Trinajstić information content (AvgIpc) is 2.59. The molecule has 0 saturated carbocycles. The number of carbonyl (C=O) groups excluding carboxylic acids is 1. The second-order valence-corrected chi connectivity index (χ2v) is 9.55. The monoisotopic (exact) mass is 367 g/mol. The summed E-state index contributed by atoms with van der Waals surface area (Å²) >= 11 is 0. The number of benzene rings is 1. The van der Waals surface area contributed by atoms with Gasteiger partial charge in [0.2, 0.25) is 10.0 Å². The van der Waals surface area contributed by atoms with Gasteiger partial charge >= 0.3 is 6.03 Å². The molecule has 0 atom stereocenters. The van der Waals surface area contributed by atoms with Gasteiger partial charge in [-0.2, -0.15) is 4.31 Å². The third-order valence-electron chi connectivity index (χ3n) is 4.27. The third-order valence-corrected chi connectivity index (χ3v) is 6.18. The summed E-state index contributed by atoms with van der Waals surface area (Å²) < 4.78 is 26.9. The van der Waals surface area contributed by atoms with Gasteiger partial charge in [0, 0.05) is 32.7 Å². The second kappa shape index (κ2) is 7.74. The molecule has 2 rings (SSSR count). The zero-order valence-corrected chi connectivity index (χ0v) is 16.4. The summed E-state index contributed by atoms with van der Waals surface area (Å²) in [6.45, 7) is 10.2. The zero-order valence-electron chi connectivity index (χ0n) is 15.6. The Morgan fingerprint density at radius 1 is 1.08 bits per heavy atom. The van der Waals surface area contributed by atoms with Gasteiger partial charge in [0.05, 0.1) is 4.90 Å². The highest BCUT2D eigenvalue weighted by Gasteiger charge is 2.30. The molecular weight excluding hydrogens is 338 g/mol. The van der Waals surface area contributed by atoms with E-state index in [9.17, 15) is 13.2 Å². The smallest absolute Gasteiger partial charge is 0.317 e. The van der Waals surface area contributed by atoms with Crippen molar-refractivity contribution in [1.29, 1.82) is 0 Å². The minimum absolute atomic E-state index is 0.0193. The van der Waals surface area contributed by atoms with Crippen molar-refractivity contribution in [1.82, 2.24) is 14.5 Å². The van der Waals surface area contributed by atoms with Crippen molar-refractivity contribution in [3.8, 4) is 0 Å². The van der Waals surface area contributed by atoms with Gasteiger partial charge in [-0.25, -0.2) is 13.2 Å². The fourth-order valence-corrected chi connectivity index (χ4v) is 4.05. The van der Waals surface area contributed by atoms with Crippen molar-refractivity contribution in [2.24, 2.45) is 5.41 Å². The number of aryl methyl sites for hydroxylation is 1. The van der Waals surface area contributed by atoms with Crippen LogP contribution in [-0.2, 0) is 16.4 Å². The lowest BCUT2D eigenvalue weighted by atomic mass is 9.97. The Balaban J connectivity index is 1.95. The molecule has 0 spiro atoms. The van der Waals surface area contributed by atoms with Gasteiger partial charge in [-0.3, -0.25) is 0 Å². The highest BCUT2D eigenvalue weighted by molar-refractivity contribution is 7.89. The second-order valence-electron chi connectivity index (χ2n) is 7.61. The van der Waals surface area contributed by atoms with Gasteiger partial charge in [-0.15, -0.1) is 0 Å². The first kappa shape index (κ1) is 19.7. The van der Waals surface area contributed by atoms with Gasteiger partial charge in [-0.1, -0.05) is 39.8 Å². The van der Waals surface area contributed by atoms with Crippen molar-refractivity contribution in [3.05, 3.63) is 29.8 Å². The summed E-state index contributed by atoms with van der Waals surface area (Å²) in [6, 6.07) is 6.90. The first-order valence-electron chi connectivity index (χ1n) is 8.75. The number of piperazine rings is 1. The van der Waals surface area contributed by atoms with Crippen molar-refractivity contribution < 1.29 is 13.2 Å². The van der Waals surface area contributed by atoms with Crippen molar-refractivity contribution >= 4 is 16.1 Å². The lowest BCUT2D eigenvalue weighted by molar-refractivity contribution is 0.169. The molecule has 1 aromatic rings. The molecule has 1 N–H and O–H groups in total. The summed E-state index contributed by atoms with van der Waals surface area (Å²) in [5, 5.41) is 2.91. The van der Waals surface area contributed by atoms with E-state index >= 15 is 0 Å². The van der Waals surface area contributed by atoms with E-state index in [0.29, 0.717) is 37.6 Å². The predicted molar refractivity (Wildman–Crippen MR) is 99.0 cm³/mol. The Labute approximate surface area is 151 Å². The molecule has 1 heterocycles. The summed E-state index contributed by atoms with van der Waals surface area (Å²) in [5.41, 5.74) is 1.13. The minimum atomic E-state index is -3.50. The molecule has 1 aromatic carbocycles. The lowest BCUT2D eigenvalue weighted by Gasteiger charge is -2.34. The number of rotatable bonds is 4. The number of nitrogens with zero attached hydrogens (tertiary/aromatic N) is 2. The van der Waals surface area contributed by atoms with E-state index in [2.05, 4.69) is 26.1 Å². The van der Waals surface area contributed by atoms with Crippen LogP contribution in [-0.4, -0.2) is 56.4 Å². The van der Waals surface area contributed by atoms with Crippen molar-refractivity contribution in [2.75, 3.05) is 32.7 Å². The van der Waals surface area contributed by atoms with Crippen molar-refractivity contribution in [2.45, 2.75) is 39.0 Å². The van der Waals surface area contributed by atoms with Gasteiger partial charge in [-0.05, 0) is 29.5 Å². The predicted octanol–water partition coefficient (Wildman–Crippen LogP) is 2.31. The van der Waals surface area contributed by atoms with Gasteiger partial charge in [0.25, 0.3) is 0 Å². The highest BCUT2D eigenvalue weighted by Crippen LogP contribution is 2.19. The lowest BCUT2D eigenvalue weighted by Crippen LogP contribution is -2.53. The molecule has 0 bridgehead atoms. The maximum atomic E-state index is 12.7. The normalized spacial score (nSPS) is 16.7. The Kier molecular flexibility index (Phi) is 6.11. The molecule has 140 valence electrons. The number of hydrogen-bond donors (Lipinski definition) is 1. The van der Waals surface area contributed by atoms with Crippen LogP contribution in [0.4, 0.5) is 4.79 Å². The Morgan fingerprint density at radius 2 is 1.64 bits per heavy atom. The first-order valence-corrected chi connectivity index (χ1v) is 10.2.